The van der Waals surface area contributed by atoms with Gasteiger partial charge in [-0.3, -0.25) is 19.3 Å². The van der Waals surface area contributed by atoms with E-state index in [0.29, 0.717) is 38.5 Å². The van der Waals surface area contributed by atoms with Gasteiger partial charge in [0.1, 0.15) is 17.3 Å². The molecular weight excluding hydrogens is 528 g/mol. The fourth-order valence-corrected chi connectivity index (χ4v) is 4.67. The van der Waals surface area contributed by atoms with Crippen LogP contribution in [0.25, 0.3) is 5.76 Å². The summed E-state index contributed by atoms with van der Waals surface area (Å²) >= 11 is 3.39. The molecular formula is C27H23BrN2O6. The third-order valence-electron chi connectivity index (χ3n) is 5.72. The van der Waals surface area contributed by atoms with Crippen molar-refractivity contribution in [2.45, 2.75) is 13.0 Å². The summed E-state index contributed by atoms with van der Waals surface area (Å²) in [4.78, 5) is 39.6. The normalized spacial score (nSPS) is 16.7. The van der Waals surface area contributed by atoms with Crippen LogP contribution in [0.2, 0.25) is 0 Å². The molecule has 4 rings (SSSR count). The third-order valence-corrected chi connectivity index (χ3v) is 6.34. The topological polar surface area (TPSA) is 105 Å². The van der Waals surface area contributed by atoms with Crippen LogP contribution >= 0.6 is 15.9 Å². The van der Waals surface area contributed by atoms with E-state index in [2.05, 4.69) is 21.2 Å². The van der Waals surface area contributed by atoms with Gasteiger partial charge in [0.05, 0.1) is 30.3 Å². The zero-order chi connectivity index (χ0) is 26.0. The zero-order valence-corrected chi connectivity index (χ0v) is 21.3. The van der Waals surface area contributed by atoms with E-state index < -0.39 is 17.7 Å². The van der Waals surface area contributed by atoms with Crippen LogP contribution < -0.4 is 19.7 Å². The monoisotopic (exact) mass is 550 g/mol. The van der Waals surface area contributed by atoms with E-state index in [-0.39, 0.29) is 17.2 Å². The fourth-order valence-electron chi connectivity index (χ4n) is 4.13. The number of ether oxygens (including phenoxy) is 2. The van der Waals surface area contributed by atoms with Crippen LogP contribution in [0.15, 0.2) is 76.8 Å². The number of anilines is 2. The van der Waals surface area contributed by atoms with Crippen molar-refractivity contribution >= 4 is 50.7 Å². The molecule has 0 aliphatic carbocycles. The van der Waals surface area contributed by atoms with Gasteiger partial charge in [-0.1, -0.05) is 18.2 Å². The first-order valence-electron chi connectivity index (χ1n) is 10.9. The summed E-state index contributed by atoms with van der Waals surface area (Å²) in [6.45, 7) is 1.38. The molecule has 0 radical (unpaired) electrons. The molecule has 9 heteroatoms. The number of aliphatic hydroxyl groups excluding tert-OH is 1. The molecule has 1 fully saturated rings. The predicted octanol–water partition coefficient (Wildman–Crippen LogP) is 5.05. The molecule has 1 aliphatic heterocycles. The Morgan fingerprint density at radius 2 is 1.75 bits per heavy atom. The molecule has 2 amide bonds. The van der Waals surface area contributed by atoms with Gasteiger partial charge in [-0.2, -0.15) is 0 Å². The Morgan fingerprint density at radius 1 is 1.00 bits per heavy atom. The number of methoxy groups -OCH3 is 2. The average Bonchev–Trinajstić information content (AvgIpc) is 3.13. The number of nitrogens with one attached hydrogen (secondary N) is 1. The molecule has 1 atom stereocenters. The van der Waals surface area contributed by atoms with Crippen LogP contribution in [0.4, 0.5) is 11.4 Å². The van der Waals surface area contributed by atoms with Gasteiger partial charge < -0.3 is 19.9 Å². The van der Waals surface area contributed by atoms with Gasteiger partial charge in [0.25, 0.3) is 11.7 Å². The molecule has 184 valence electrons. The van der Waals surface area contributed by atoms with Crippen molar-refractivity contribution in [2.24, 2.45) is 0 Å². The lowest BCUT2D eigenvalue weighted by Crippen LogP contribution is -2.29. The Hall–Kier alpha value is -4.11. The van der Waals surface area contributed by atoms with Crippen LogP contribution in [0.3, 0.4) is 0 Å². The minimum atomic E-state index is -0.950. The molecule has 2 N–H and O–H groups in total. The van der Waals surface area contributed by atoms with Crippen molar-refractivity contribution in [1.29, 1.82) is 0 Å². The average molecular weight is 551 g/mol. The van der Waals surface area contributed by atoms with Gasteiger partial charge in [-0.25, -0.2) is 0 Å². The smallest absolute Gasteiger partial charge is 0.300 e. The van der Waals surface area contributed by atoms with Crippen molar-refractivity contribution in [1.82, 2.24) is 0 Å². The Labute approximate surface area is 216 Å². The first-order chi connectivity index (χ1) is 17.2. The van der Waals surface area contributed by atoms with Crippen LogP contribution in [0, 0.1) is 0 Å². The largest absolute Gasteiger partial charge is 0.507 e. The molecule has 0 bridgehead atoms. The highest BCUT2D eigenvalue weighted by Crippen LogP contribution is 2.43. The quantitative estimate of drug-likeness (QED) is 0.253. The van der Waals surface area contributed by atoms with Gasteiger partial charge in [-0.05, 0) is 70.0 Å². The van der Waals surface area contributed by atoms with Crippen molar-refractivity contribution in [3.63, 3.8) is 0 Å². The number of nitrogens with zero attached hydrogens (tertiary/aromatic N) is 1. The second kappa shape index (κ2) is 10.2. The summed E-state index contributed by atoms with van der Waals surface area (Å²) in [6, 6.07) is 17.5. The Kier molecular flexibility index (Phi) is 7.12. The van der Waals surface area contributed by atoms with E-state index in [4.69, 9.17) is 9.47 Å². The number of Topliss-reactive ketones (excluding diaryl/α,β-unsaturated/α-hetero) is 1. The molecule has 1 aliphatic rings. The van der Waals surface area contributed by atoms with Gasteiger partial charge in [0.15, 0.2) is 0 Å². The maximum absolute atomic E-state index is 13.4. The van der Waals surface area contributed by atoms with Crippen molar-refractivity contribution in [3.05, 3.63) is 87.9 Å². The van der Waals surface area contributed by atoms with Gasteiger partial charge >= 0.3 is 0 Å². The van der Waals surface area contributed by atoms with E-state index in [1.54, 1.807) is 66.7 Å². The van der Waals surface area contributed by atoms with E-state index in [0.717, 1.165) is 0 Å². The second-order valence-corrected chi connectivity index (χ2v) is 8.88. The summed E-state index contributed by atoms with van der Waals surface area (Å²) in [5, 5.41) is 14.0. The summed E-state index contributed by atoms with van der Waals surface area (Å²) in [5.74, 6) is -1.17. The SMILES string of the molecule is COc1cccc(C2/C(=C(\O)c3ccc(OC)c(Br)c3)C(=O)C(=O)N2c2cccc(NC(C)=O)c2)c1. The number of rotatable bonds is 6. The number of hydrogen-bond donors (Lipinski definition) is 2. The van der Waals surface area contributed by atoms with Crippen LogP contribution in [-0.4, -0.2) is 36.9 Å². The zero-order valence-electron chi connectivity index (χ0n) is 19.7. The fraction of sp³-hybridized carbons (Fsp3) is 0.148. The van der Waals surface area contributed by atoms with E-state index in [1.165, 1.54) is 26.0 Å². The molecule has 1 saturated heterocycles. The number of hydrogen-bond acceptors (Lipinski definition) is 6. The second-order valence-electron chi connectivity index (χ2n) is 8.03. The lowest BCUT2D eigenvalue weighted by Gasteiger charge is -2.26. The Bertz CT molecular complexity index is 1400. The van der Waals surface area contributed by atoms with Crippen molar-refractivity contribution < 1.29 is 29.0 Å². The first kappa shape index (κ1) is 25.0. The van der Waals surface area contributed by atoms with Gasteiger partial charge in [-0.15, -0.1) is 0 Å². The maximum Gasteiger partial charge on any atom is 0.300 e. The number of aliphatic hydroxyl groups is 1. The minimum Gasteiger partial charge on any atom is -0.507 e. The number of benzene rings is 3. The third kappa shape index (κ3) is 4.70. The highest BCUT2D eigenvalue weighted by atomic mass is 79.9. The Balaban J connectivity index is 1.93. The Morgan fingerprint density at radius 3 is 2.42 bits per heavy atom. The molecule has 0 spiro atoms. The predicted molar refractivity (Wildman–Crippen MR) is 139 cm³/mol. The minimum absolute atomic E-state index is 0.0738. The van der Waals surface area contributed by atoms with Gasteiger partial charge in [0, 0.05) is 23.9 Å². The van der Waals surface area contributed by atoms with Crippen LogP contribution in [0.1, 0.15) is 24.1 Å². The molecule has 8 nitrogen and oxygen atoms in total. The van der Waals surface area contributed by atoms with Crippen molar-refractivity contribution in [3.8, 4) is 11.5 Å². The van der Waals surface area contributed by atoms with Gasteiger partial charge in [0.2, 0.25) is 5.91 Å². The number of amides is 2. The molecule has 1 heterocycles. The summed E-state index contributed by atoms with van der Waals surface area (Å²) < 4.78 is 11.2. The van der Waals surface area contributed by atoms with E-state index >= 15 is 0 Å². The molecule has 1 unspecified atom stereocenters. The summed E-state index contributed by atoms with van der Waals surface area (Å²) in [5.41, 5.74) is 1.67. The molecule has 3 aromatic rings. The van der Waals surface area contributed by atoms with E-state index in [1.807, 2.05) is 0 Å². The lowest BCUT2D eigenvalue weighted by atomic mass is 9.95. The number of carbonyl (C=O) groups is 3. The molecule has 0 saturated carbocycles. The van der Waals surface area contributed by atoms with Crippen molar-refractivity contribution in [2.75, 3.05) is 24.4 Å². The number of carbonyl (C=O) groups excluding carboxylic acids is 3. The molecule has 36 heavy (non-hydrogen) atoms. The maximum atomic E-state index is 13.4. The van der Waals surface area contributed by atoms with E-state index in [9.17, 15) is 19.5 Å². The summed E-state index contributed by atoms with van der Waals surface area (Å²) in [6.07, 6.45) is 0. The first-order valence-corrected chi connectivity index (χ1v) is 11.7. The highest BCUT2D eigenvalue weighted by Gasteiger charge is 2.47. The summed E-state index contributed by atoms with van der Waals surface area (Å²) in [7, 11) is 3.03. The molecule has 3 aromatic carbocycles. The van der Waals surface area contributed by atoms with Crippen LogP contribution in [0.5, 0.6) is 11.5 Å². The standard InChI is InChI=1S/C27H23BrN2O6/c1-15(31)29-18-7-5-8-19(14-18)30-24(16-6-4-9-20(12-16)35-2)23(26(33)27(30)34)25(32)17-10-11-22(36-3)21(28)13-17/h4-14,24,32H,1-3H3,(H,29,31)/b25-23+. The molecule has 0 aromatic heterocycles. The highest BCUT2D eigenvalue weighted by molar-refractivity contribution is 9.10. The number of halogens is 1. The lowest BCUT2D eigenvalue weighted by molar-refractivity contribution is -0.132. The number of ketones is 1. The van der Waals surface area contributed by atoms with Crippen LogP contribution in [-0.2, 0) is 14.4 Å².